The van der Waals surface area contributed by atoms with Gasteiger partial charge in [-0.2, -0.15) is 4.31 Å². The number of rotatable bonds is 5. The fraction of sp³-hybridized carbons (Fsp3) is 0.263. The molecular formula is C19H21N3O5S2. The normalized spacial score (nSPS) is 14.8. The Balaban J connectivity index is 1.60. The fourth-order valence-electron chi connectivity index (χ4n) is 2.75. The molecular weight excluding hydrogens is 414 g/mol. The lowest BCUT2D eigenvalue weighted by Gasteiger charge is -2.26. The molecule has 1 heterocycles. The third-order valence-electron chi connectivity index (χ3n) is 4.28. The number of thiocarbonyl (C=S) groups is 1. The van der Waals surface area contributed by atoms with E-state index in [-0.39, 0.29) is 4.90 Å². The maximum atomic E-state index is 12.6. The number of anilines is 2. The Kier molecular flexibility index (Phi) is 6.80. The molecule has 0 amide bonds. The Bertz CT molecular complexity index is 970. The first kappa shape index (κ1) is 21.2. The number of ether oxygens (including phenoxy) is 2. The van der Waals surface area contributed by atoms with Crippen molar-refractivity contribution < 1.29 is 22.7 Å². The Morgan fingerprint density at radius 2 is 1.52 bits per heavy atom. The van der Waals surface area contributed by atoms with Crippen LogP contribution in [0.4, 0.5) is 11.4 Å². The van der Waals surface area contributed by atoms with Crippen LogP contribution in [0.25, 0.3) is 0 Å². The van der Waals surface area contributed by atoms with Crippen LogP contribution in [0.1, 0.15) is 10.4 Å². The minimum Gasteiger partial charge on any atom is -0.465 e. The van der Waals surface area contributed by atoms with Crippen molar-refractivity contribution in [3.63, 3.8) is 0 Å². The van der Waals surface area contributed by atoms with Gasteiger partial charge in [0.2, 0.25) is 10.0 Å². The monoisotopic (exact) mass is 435 g/mol. The van der Waals surface area contributed by atoms with E-state index in [1.807, 2.05) is 0 Å². The highest BCUT2D eigenvalue weighted by atomic mass is 32.2. The second-order valence-electron chi connectivity index (χ2n) is 6.19. The number of benzene rings is 2. The van der Waals surface area contributed by atoms with E-state index < -0.39 is 16.0 Å². The summed E-state index contributed by atoms with van der Waals surface area (Å²) in [6.07, 6.45) is 0. The Morgan fingerprint density at radius 1 is 1.00 bits per heavy atom. The Morgan fingerprint density at radius 3 is 2.03 bits per heavy atom. The van der Waals surface area contributed by atoms with Gasteiger partial charge in [0.05, 0.1) is 30.8 Å². The van der Waals surface area contributed by atoms with Crippen LogP contribution in [0, 0.1) is 0 Å². The van der Waals surface area contributed by atoms with Gasteiger partial charge in [-0.15, -0.1) is 0 Å². The third kappa shape index (κ3) is 5.30. The van der Waals surface area contributed by atoms with Crippen molar-refractivity contribution in [3.8, 4) is 0 Å². The first-order valence-corrected chi connectivity index (χ1v) is 10.7. The molecule has 0 bridgehead atoms. The third-order valence-corrected chi connectivity index (χ3v) is 6.40. The number of nitrogens with one attached hydrogen (secondary N) is 2. The van der Waals surface area contributed by atoms with Gasteiger partial charge >= 0.3 is 5.97 Å². The zero-order valence-corrected chi connectivity index (χ0v) is 17.4. The molecule has 0 unspecified atom stereocenters. The number of carbonyl (C=O) groups is 1. The van der Waals surface area contributed by atoms with E-state index in [2.05, 4.69) is 15.4 Å². The summed E-state index contributed by atoms with van der Waals surface area (Å²) in [6, 6.07) is 13.1. The van der Waals surface area contributed by atoms with Crippen LogP contribution in [0.2, 0.25) is 0 Å². The molecule has 29 heavy (non-hydrogen) atoms. The molecule has 2 N–H and O–H groups in total. The molecule has 8 nitrogen and oxygen atoms in total. The van der Waals surface area contributed by atoms with Crippen LogP contribution in [0.5, 0.6) is 0 Å². The molecule has 0 radical (unpaired) electrons. The summed E-state index contributed by atoms with van der Waals surface area (Å²) in [4.78, 5) is 11.7. The first-order valence-electron chi connectivity index (χ1n) is 8.84. The van der Waals surface area contributed by atoms with Crippen molar-refractivity contribution in [1.82, 2.24) is 4.31 Å². The van der Waals surface area contributed by atoms with E-state index in [0.717, 1.165) is 0 Å². The highest BCUT2D eigenvalue weighted by molar-refractivity contribution is 7.89. The van der Waals surface area contributed by atoms with Crippen LogP contribution in [0.15, 0.2) is 53.4 Å². The predicted octanol–water partition coefficient (Wildman–Crippen LogP) is 2.30. The summed E-state index contributed by atoms with van der Waals surface area (Å²) in [5.74, 6) is -0.413. The highest BCUT2D eigenvalue weighted by Crippen LogP contribution is 2.20. The van der Waals surface area contributed by atoms with E-state index in [9.17, 15) is 13.2 Å². The molecule has 154 valence electrons. The minimum atomic E-state index is -3.53. The summed E-state index contributed by atoms with van der Waals surface area (Å²) in [5, 5.41) is 6.33. The topological polar surface area (TPSA) is 97.0 Å². The van der Waals surface area contributed by atoms with Gasteiger partial charge in [0, 0.05) is 24.5 Å². The Labute approximate surface area is 174 Å². The molecule has 0 aromatic heterocycles. The van der Waals surface area contributed by atoms with Gasteiger partial charge < -0.3 is 20.1 Å². The summed E-state index contributed by atoms with van der Waals surface area (Å²) in [6.45, 7) is 1.51. The molecule has 10 heteroatoms. The van der Waals surface area contributed by atoms with Crippen LogP contribution in [-0.2, 0) is 19.5 Å². The second-order valence-corrected chi connectivity index (χ2v) is 8.54. The van der Waals surface area contributed by atoms with Crippen molar-refractivity contribution in [3.05, 3.63) is 54.1 Å². The molecule has 2 aromatic carbocycles. The van der Waals surface area contributed by atoms with Crippen LogP contribution in [-0.4, -0.2) is 57.2 Å². The van der Waals surface area contributed by atoms with Crippen LogP contribution >= 0.6 is 12.2 Å². The molecule has 3 rings (SSSR count). The van der Waals surface area contributed by atoms with E-state index >= 15 is 0 Å². The molecule has 0 aliphatic carbocycles. The predicted molar refractivity (Wildman–Crippen MR) is 114 cm³/mol. The first-order chi connectivity index (χ1) is 13.9. The van der Waals surface area contributed by atoms with Gasteiger partial charge in [0.1, 0.15) is 0 Å². The molecule has 1 aliphatic heterocycles. The fourth-order valence-corrected chi connectivity index (χ4v) is 4.39. The van der Waals surface area contributed by atoms with Gasteiger partial charge in [-0.25, -0.2) is 13.2 Å². The van der Waals surface area contributed by atoms with Gasteiger partial charge in [0.15, 0.2) is 5.11 Å². The van der Waals surface area contributed by atoms with Gasteiger partial charge in [0.25, 0.3) is 0 Å². The van der Waals surface area contributed by atoms with Crippen molar-refractivity contribution in [2.75, 3.05) is 44.0 Å². The standard InChI is InChI=1S/C19H21N3O5S2/c1-26-18(23)14-2-4-15(5-3-14)20-19(28)21-16-6-8-17(9-7-16)29(24,25)22-10-12-27-13-11-22/h2-9H,10-13H2,1H3,(H2,20,21,28). The van der Waals surface area contributed by atoms with E-state index in [1.54, 1.807) is 48.5 Å². The van der Waals surface area contributed by atoms with Crippen LogP contribution in [0.3, 0.4) is 0 Å². The number of hydrogen-bond donors (Lipinski definition) is 2. The smallest absolute Gasteiger partial charge is 0.337 e. The maximum absolute atomic E-state index is 12.6. The lowest BCUT2D eigenvalue weighted by atomic mass is 10.2. The molecule has 0 atom stereocenters. The van der Waals surface area contributed by atoms with E-state index in [0.29, 0.717) is 48.4 Å². The number of esters is 1. The molecule has 1 saturated heterocycles. The van der Waals surface area contributed by atoms with Crippen molar-refractivity contribution in [2.45, 2.75) is 4.90 Å². The number of methoxy groups -OCH3 is 1. The molecule has 1 fully saturated rings. The Hall–Kier alpha value is -2.53. The molecule has 0 spiro atoms. The minimum absolute atomic E-state index is 0.224. The number of hydrogen-bond acceptors (Lipinski definition) is 6. The van der Waals surface area contributed by atoms with Crippen molar-refractivity contribution >= 4 is 44.7 Å². The summed E-state index contributed by atoms with van der Waals surface area (Å²) < 4.78 is 36.6. The highest BCUT2D eigenvalue weighted by Gasteiger charge is 2.26. The molecule has 0 saturated carbocycles. The lowest BCUT2D eigenvalue weighted by Crippen LogP contribution is -2.40. The lowest BCUT2D eigenvalue weighted by molar-refractivity contribution is 0.0600. The summed E-state index contributed by atoms with van der Waals surface area (Å²) in [7, 11) is -2.21. The average molecular weight is 436 g/mol. The quantitative estimate of drug-likeness (QED) is 0.546. The molecule has 2 aromatic rings. The number of sulfonamides is 1. The average Bonchev–Trinajstić information content (AvgIpc) is 2.74. The number of morpholine rings is 1. The van der Waals surface area contributed by atoms with Gasteiger partial charge in [-0.3, -0.25) is 0 Å². The van der Waals surface area contributed by atoms with Gasteiger partial charge in [-0.05, 0) is 60.7 Å². The van der Waals surface area contributed by atoms with Crippen LogP contribution < -0.4 is 10.6 Å². The summed E-state index contributed by atoms with van der Waals surface area (Å²) >= 11 is 5.28. The van der Waals surface area contributed by atoms with E-state index in [4.69, 9.17) is 17.0 Å². The number of nitrogens with zero attached hydrogens (tertiary/aromatic N) is 1. The summed E-state index contributed by atoms with van der Waals surface area (Å²) in [5.41, 5.74) is 1.78. The largest absolute Gasteiger partial charge is 0.465 e. The van der Waals surface area contributed by atoms with Crippen molar-refractivity contribution in [1.29, 1.82) is 0 Å². The van der Waals surface area contributed by atoms with Crippen molar-refractivity contribution in [2.24, 2.45) is 0 Å². The second kappa shape index (κ2) is 9.31. The zero-order valence-electron chi connectivity index (χ0n) is 15.8. The SMILES string of the molecule is COC(=O)c1ccc(NC(=S)Nc2ccc(S(=O)(=O)N3CCOCC3)cc2)cc1. The maximum Gasteiger partial charge on any atom is 0.337 e. The number of carbonyl (C=O) groups excluding carboxylic acids is 1. The molecule has 1 aliphatic rings. The van der Waals surface area contributed by atoms with Gasteiger partial charge in [-0.1, -0.05) is 0 Å². The van der Waals surface area contributed by atoms with E-state index in [1.165, 1.54) is 11.4 Å². The zero-order chi connectivity index (χ0) is 20.9.